The Bertz CT molecular complexity index is 1600. The number of carbonyl (C=O) groups is 4. The zero-order valence-electron chi connectivity index (χ0n) is 34.5. The molecule has 1 N–H and O–H groups in total. The molecular formula is C40H60N4O12. The van der Waals surface area contributed by atoms with Gasteiger partial charge in [0.1, 0.15) is 17.6 Å². The first kappa shape index (κ1) is 43.4. The number of ketones is 1. The summed E-state index contributed by atoms with van der Waals surface area (Å²) < 4.78 is 44.9. The summed E-state index contributed by atoms with van der Waals surface area (Å²) in [5.74, 6) is -3.78. The third-order valence-electron chi connectivity index (χ3n) is 11.8. The minimum Gasteiger partial charge on any atom is -0.458 e. The van der Waals surface area contributed by atoms with E-state index in [0.717, 1.165) is 0 Å². The van der Waals surface area contributed by atoms with Crippen molar-refractivity contribution in [3.8, 4) is 5.75 Å². The second-order valence-electron chi connectivity index (χ2n) is 16.5. The number of carbonyl (C=O) groups excluding carboxylic acids is 4. The number of pyridine rings is 1. The van der Waals surface area contributed by atoms with Crippen LogP contribution in [0.5, 0.6) is 5.75 Å². The Labute approximate surface area is 329 Å². The standard InChI is InChI=1S/C40H60N4O12/c1-12-30-40(9)34(42-38(48)55-40)23(4)31(46)21(2)17-39(8)35(54-37-33(52-26(7)45)29(44(10)11)16-22(3)51-37)24(5)32(25(6)36(47)53-30)49-19-27(20-50-39)43-56-28-14-13-15-41-18-28/h13-15,18,21-25,29-30,32-35,37H,12,16-17,19-20H2,1-11H3,(H,42,48)/b43-27-/t21-,22-,23+,24+,25-,29+,30-,32+,33-,34-,35-,37+,39-,40-/m1/s1. The summed E-state index contributed by atoms with van der Waals surface area (Å²) in [6.45, 7) is 15.6. The largest absolute Gasteiger partial charge is 0.458 e. The van der Waals surface area contributed by atoms with E-state index in [9.17, 15) is 19.2 Å². The number of amides is 1. The highest BCUT2D eigenvalue weighted by atomic mass is 16.7. The molecule has 0 saturated carbocycles. The van der Waals surface area contributed by atoms with Crippen LogP contribution in [0.1, 0.15) is 81.6 Å². The zero-order valence-corrected chi connectivity index (χ0v) is 34.5. The van der Waals surface area contributed by atoms with Crippen molar-refractivity contribution in [2.24, 2.45) is 28.8 Å². The molecule has 0 spiro atoms. The number of oxime groups is 1. The summed E-state index contributed by atoms with van der Waals surface area (Å²) >= 11 is 0. The fraction of sp³-hybridized carbons (Fsp3) is 0.750. The van der Waals surface area contributed by atoms with Gasteiger partial charge in [0.25, 0.3) is 0 Å². The lowest BCUT2D eigenvalue weighted by Crippen LogP contribution is -2.61. The Hall–Kier alpha value is -3.70. The molecule has 4 saturated heterocycles. The van der Waals surface area contributed by atoms with Crippen LogP contribution in [-0.2, 0) is 47.5 Å². The normalized spacial score (nSPS) is 40.6. The molecular weight excluding hydrogens is 728 g/mol. The monoisotopic (exact) mass is 788 g/mol. The molecule has 5 heterocycles. The highest BCUT2D eigenvalue weighted by Crippen LogP contribution is 2.42. The number of Topliss-reactive ketones (excluding diaryl/α,β-unsaturated/α-hetero) is 1. The number of nitrogens with zero attached hydrogens (tertiary/aromatic N) is 3. The molecule has 0 aromatic carbocycles. The van der Waals surface area contributed by atoms with E-state index in [-0.39, 0.29) is 37.6 Å². The van der Waals surface area contributed by atoms with Gasteiger partial charge in [-0.25, -0.2) is 4.79 Å². The maximum absolute atomic E-state index is 14.5. The van der Waals surface area contributed by atoms with E-state index in [1.54, 1.807) is 39.1 Å². The molecule has 16 nitrogen and oxygen atoms in total. The second kappa shape index (κ2) is 17.8. The summed E-state index contributed by atoms with van der Waals surface area (Å²) in [5, 5.41) is 7.21. The van der Waals surface area contributed by atoms with Crippen LogP contribution in [-0.4, -0.2) is 127 Å². The number of ether oxygens (including phenoxy) is 7. The molecule has 4 fully saturated rings. The molecule has 0 unspecified atom stereocenters. The van der Waals surface area contributed by atoms with E-state index in [4.69, 9.17) is 38.0 Å². The third kappa shape index (κ3) is 9.36. The van der Waals surface area contributed by atoms with Crippen LogP contribution in [0.25, 0.3) is 0 Å². The van der Waals surface area contributed by atoms with Crippen LogP contribution >= 0.6 is 0 Å². The van der Waals surface area contributed by atoms with E-state index in [0.29, 0.717) is 24.3 Å². The number of hydrogen-bond donors (Lipinski definition) is 1. The molecule has 56 heavy (non-hydrogen) atoms. The molecule has 0 radical (unpaired) electrons. The summed E-state index contributed by atoms with van der Waals surface area (Å²) in [6, 6.07) is 2.38. The Morgan fingerprint density at radius 1 is 1.09 bits per heavy atom. The van der Waals surface area contributed by atoms with Gasteiger partial charge in [-0.1, -0.05) is 32.9 Å². The molecule has 1 aromatic heterocycles. The van der Waals surface area contributed by atoms with Crippen molar-refractivity contribution in [1.82, 2.24) is 15.2 Å². The number of alkyl carbamates (subject to hydrolysis) is 1. The summed E-state index contributed by atoms with van der Waals surface area (Å²) in [4.78, 5) is 66.0. The van der Waals surface area contributed by atoms with Crippen molar-refractivity contribution in [3.05, 3.63) is 24.5 Å². The molecule has 1 amide bonds. The quantitative estimate of drug-likeness (QED) is 0.237. The third-order valence-corrected chi connectivity index (χ3v) is 11.8. The van der Waals surface area contributed by atoms with Crippen molar-refractivity contribution >= 4 is 29.5 Å². The van der Waals surface area contributed by atoms with Gasteiger partial charge in [-0.15, -0.1) is 0 Å². The van der Waals surface area contributed by atoms with Crippen LogP contribution in [0.3, 0.4) is 0 Å². The van der Waals surface area contributed by atoms with Gasteiger partial charge >= 0.3 is 18.0 Å². The highest BCUT2D eigenvalue weighted by Gasteiger charge is 2.58. The number of aromatic nitrogens is 1. The minimum atomic E-state index is -1.34. The predicted octanol–water partition coefficient (Wildman–Crippen LogP) is 4.08. The lowest BCUT2D eigenvalue weighted by Gasteiger charge is -2.49. The van der Waals surface area contributed by atoms with Gasteiger partial charge in [0.15, 0.2) is 23.7 Å². The summed E-state index contributed by atoms with van der Waals surface area (Å²) in [7, 11) is 3.81. The fourth-order valence-corrected chi connectivity index (χ4v) is 8.92. The van der Waals surface area contributed by atoms with Gasteiger partial charge in [0.05, 0.1) is 61.3 Å². The van der Waals surface area contributed by atoms with Gasteiger partial charge < -0.3 is 48.2 Å². The number of rotatable bonds is 7. The average Bonchev–Trinajstić information content (AvgIpc) is 3.48. The van der Waals surface area contributed by atoms with E-state index in [1.807, 2.05) is 53.6 Å². The lowest BCUT2D eigenvalue weighted by molar-refractivity contribution is -0.304. The Kier molecular flexibility index (Phi) is 13.8. The Morgan fingerprint density at radius 2 is 1.82 bits per heavy atom. The lowest BCUT2D eigenvalue weighted by atomic mass is 9.73. The molecule has 0 aliphatic carbocycles. The molecule has 14 atom stereocenters. The first-order valence-electron chi connectivity index (χ1n) is 19.6. The molecule has 4 aliphatic heterocycles. The van der Waals surface area contributed by atoms with Gasteiger partial charge in [0.2, 0.25) is 0 Å². The SMILES string of the molecule is CC[C@H]1OC(=O)[C@H](C)[C@H]2OC/C(=N/Oc3cccnc3)CO[C@](C)(C[C@@H](C)C(=O)[C@H](C)[C@H]3NC(=O)O[C@@]31C)[C@H](O[C@@H]1O[C@H](C)C[C@H](N(C)C)[C@H]1OC(C)=O)[C@H]2C. The van der Waals surface area contributed by atoms with Crippen molar-refractivity contribution in [2.45, 2.75) is 142 Å². The first-order chi connectivity index (χ1) is 26.4. The zero-order chi connectivity index (χ0) is 41.1. The van der Waals surface area contributed by atoms with Gasteiger partial charge in [-0.3, -0.25) is 19.4 Å². The maximum atomic E-state index is 14.5. The fourth-order valence-electron chi connectivity index (χ4n) is 8.92. The van der Waals surface area contributed by atoms with Crippen LogP contribution < -0.4 is 10.2 Å². The number of fused-ring (bicyclic) bond motifs is 4. The van der Waals surface area contributed by atoms with Crippen LogP contribution in [0, 0.1) is 23.7 Å². The van der Waals surface area contributed by atoms with E-state index >= 15 is 0 Å². The van der Waals surface area contributed by atoms with Crippen molar-refractivity contribution in [3.63, 3.8) is 0 Å². The molecule has 2 bridgehead atoms. The Balaban J connectivity index is 1.65. The number of likely N-dealkylation sites (N-methyl/N-ethyl adjacent to an activating group) is 1. The topological polar surface area (TPSA) is 183 Å². The van der Waals surface area contributed by atoms with Crippen molar-refractivity contribution in [2.75, 3.05) is 27.3 Å². The smallest absolute Gasteiger partial charge is 0.408 e. The number of nitrogens with one attached hydrogen (secondary N) is 1. The first-order valence-corrected chi connectivity index (χ1v) is 19.6. The van der Waals surface area contributed by atoms with Crippen molar-refractivity contribution < 1.29 is 57.2 Å². The summed E-state index contributed by atoms with van der Waals surface area (Å²) in [6.07, 6.45) is -1.39. The van der Waals surface area contributed by atoms with Gasteiger partial charge in [0, 0.05) is 30.9 Å². The van der Waals surface area contributed by atoms with Crippen LogP contribution in [0.4, 0.5) is 4.79 Å². The molecule has 5 rings (SSSR count). The predicted molar refractivity (Wildman–Crippen MR) is 202 cm³/mol. The highest BCUT2D eigenvalue weighted by molar-refractivity contribution is 5.87. The second-order valence-corrected chi connectivity index (χ2v) is 16.5. The van der Waals surface area contributed by atoms with Crippen molar-refractivity contribution in [1.29, 1.82) is 0 Å². The van der Waals surface area contributed by atoms with Gasteiger partial charge in [-0.05, 0) is 73.2 Å². The van der Waals surface area contributed by atoms with E-state index in [2.05, 4.69) is 15.5 Å². The number of cyclic esters (lactones) is 1. The number of esters is 2. The van der Waals surface area contributed by atoms with E-state index < -0.39 is 89.7 Å². The number of hydrogen-bond acceptors (Lipinski definition) is 15. The van der Waals surface area contributed by atoms with Crippen LogP contribution in [0.15, 0.2) is 29.7 Å². The maximum Gasteiger partial charge on any atom is 0.408 e. The average molecular weight is 789 g/mol. The molecule has 4 aliphatic rings. The Morgan fingerprint density at radius 3 is 2.46 bits per heavy atom. The van der Waals surface area contributed by atoms with E-state index in [1.165, 1.54) is 13.1 Å². The molecule has 16 heteroatoms. The molecule has 1 aromatic rings. The minimum absolute atomic E-state index is 0.0878. The van der Waals surface area contributed by atoms with Gasteiger partial charge in [-0.2, -0.15) is 0 Å². The molecule has 312 valence electrons. The summed E-state index contributed by atoms with van der Waals surface area (Å²) in [5.41, 5.74) is -2.26. The van der Waals surface area contributed by atoms with Crippen LogP contribution in [0.2, 0.25) is 0 Å².